The molecule has 6 nitrogen and oxygen atoms in total. The molecule has 1 amide bonds. The number of ether oxygens (including phenoxy) is 1. The van der Waals surface area contributed by atoms with E-state index in [2.05, 4.69) is 15.5 Å². The molecule has 24 heavy (non-hydrogen) atoms. The Hall–Kier alpha value is -3.59. The molecule has 1 aromatic heterocycles. The van der Waals surface area contributed by atoms with Crippen LogP contribution in [0, 0.1) is 11.3 Å². The maximum atomic E-state index is 12.3. The molecule has 118 valence electrons. The summed E-state index contributed by atoms with van der Waals surface area (Å²) in [6.45, 7) is 0. The molecule has 0 saturated heterocycles. The van der Waals surface area contributed by atoms with Gasteiger partial charge in [0.1, 0.15) is 17.5 Å². The number of benzene rings is 2. The highest BCUT2D eigenvalue weighted by atomic mass is 16.5. The molecule has 1 heterocycles. The first kappa shape index (κ1) is 15.3. The van der Waals surface area contributed by atoms with Crippen LogP contribution in [0.1, 0.15) is 16.1 Å². The Morgan fingerprint density at radius 2 is 2.04 bits per heavy atom. The third kappa shape index (κ3) is 3.10. The average molecular weight is 318 g/mol. The maximum absolute atomic E-state index is 12.3. The van der Waals surface area contributed by atoms with Gasteiger partial charge in [0.25, 0.3) is 5.91 Å². The zero-order valence-corrected chi connectivity index (χ0v) is 12.9. The minimum Gasteiger partial charge on any atom is -0.497 e. The summed E-state index contributed by atoms with van der Waals surface area (Å²) < 4.78 is 5.19. The number of hydrogen-bond donors (Lipinski definition) is 2. The fourth-order valence-corrected chi connectivity index (χ4v) is 2.25. The van der Waals surface area contributed by atoms with Crippen LogP contribution in [0.3, 0.4) is 0 Å². The number of aromatic amines is 1. The number of aromatic nitrogens is 2. The van der Waals surface area contributed by atoms with Crippen LogP contribution < -0.4 is 10.1 Å². The third-order valence-electron chi connectivity index (χ3n) is 3.48. The Labute approximate surface area is 138 Å². The van der Waals surface area contributed by atoms with Gasteiger partial charge in [-0.3, -0.25) is 9.89 Å². The topological polar surface area (TPSA) is 90.8 Å². The summed E-state index contributed by atoms with van der Waals surface area (Å²) in [7, 11) is 1.59. The molecule has 0 unspecified atom stereocenters. The van der Waals surface area contributed by atoms with Crippen molar-refractivity contribution in [2.24, 2.45) is 0 Å². The number of H-pyrrole nitrogens is 1. The summed E-state index contributed by atoms with van der Waals surface area (Å²) in [6.07, 6.45) is 0. The third-order valence-corrected chi connectivity index (χ3v) is 3.48. The molecule has 3 rings (SSSR count). The Bertz CT molecular complexity index is 925. The minimum absolute atomic E-state index is 0.306. The second kappa shape index (κ2) is 6.67. The molecule has 3 aromatic rings. The van der Waals surface area contributed by atoms with Crippen LogP contribution >= 0.6 is 0 Å². The molecular formula is C18H14N4O2. The van der Waals surface area contributed by atoms with Gasteiger partial charge >= 0.3 is 0 Å². The zero-order valence-electron chi connectivity index (χ0n) is 12.9. The minimum atomic E-state index is -0.362. The largest absolute Gasteiger partial charge is 0.497 e. The van der Waals surface area contributed by atoms with E-state index in [1.807, 2.05) is 30.3 Å². The number of methoxy groups -OCH3 is 1. The summed E-state index contributed by atoms with van der Waals surface area (Å²) in [5.74, 6) is 0.351. The molecule has 0 bridgehead atoms. The van der Waals surface area contributed by atoms with E-state index in [0.717, 1.165) is 5.56 Å². The number of para-hydroxylation sites is 1. The molecule has 0 fully saturated rings. The SMILES string of the molecule is COc1cccc(-c2cc(C(=O)Nc3ccccc3C#N)[nH]n2)c1. The highest BCUT2D eigenvalue weighted by molar-refractivity contribution is 6.04. The van der Waals surface area contributed by atoms with Gasteiger partial charge in [-0.1, -0.05) is 24.3 Å². The van der Waals surface area contributed by atoms with E-state index >= 15 is 0 Å². The summed E-state index contributed by atoms with van der Waals surface area (Å²) in [6, 6.07) is 17.9. The molecule has 0 atom stereocenters. The van der Waals surface area contributed by atoms with E-state index in [-0.39, 0.29) is 5.91 Å². The van der Waals surface area contributed by atoms with Gasteiger partial charge in [0.2, 0.25) is 0 Å². The highest BCUT2D eigenvalue weighted by Crippen LogP contribution is 2.23. The van der Waals surface area contributed by atoms with Gasteiger partial charge in [-0.15, -0.1) is 0 Å². The summed E-state index contributed by atoms with van der Waals surface area (Å²) in [5, 5.41) is 18.7. The second-order valence-electron chi connectivity index (χ2n) is 5.01. The molecule has 2 N–H and O–H groups in total. The summed E-state index contributed by atoms with van der Waals surface area (Å²) >= 11 is 0. The van der Waals surface area contributed by atoms with E-state index in [4.69, 9.17) is 10.00 Å². The van der Waals surface area contributed by atoms with Gasteiger partial charge in [0.05, 0.1) is 24.1 Å². The van der Waals surface area contributed by atoms with Gasteiger partial charge in [-0.25, -0.2) is 0 Å². The Balaban J connectivity index is 1.82. The molecule has 2 aromatic carbocycles. The van der Waals surface area contributed by atoms with Crippen LogP contribution in [-0.4, -0.2) is 23.2 Å². The number of rotatable bonds is 4. The fraction of sp³-hybridized carbons (Fsp3) is 0.0556. The molecule has 0 spiro atoms. The number of amides is 1. The smallest absolute Gasteiger partial charge is 0.273 e. The van der Waals surface area contributed by atoms with Gasteiger partial charge < -0.3 is 10.1 Å². The Morgan fingerprint density at radius 3 is 2.83 bits per heavy atom. The number of nitrogens with one attached hydrogen (secondary N) is 2. The van der Waals surface area contributed by atoms with Crippen molar-refractivity contribution in [1.29, 1.82) is 5.26 Å². The average Bonchev–Trinajstić information content (AvgIpc) is 3.12. The fourth-order valence-electron chi connectivity index (χ4n) is 2.25. The first-order chi connectivity index (χ1) is 11.7. The lowest BCUT2D eigenvalue weighted by molar-refractivity contribution is 0.102. The molecule has 0 aliphatic carbocycles. The van der Waals surface area contributed by atoms with E-state index in [0.29, 0.717) is 28.4 Å². The predicted molar refractivity (Wildman–Crippen MR) is 89.7 cm³/mol. The number of carbonyl (C=O) groups excluding carboxylic acids is 1. The number of nitrogens with zero attached hydrogens (tertiary/aromatic N) is 2. The number of anilines is 1. The van der Waals surface area contributed by atoms with Gasteiger partial charge in [0, 0.05) is 5.56 Å². The van der Waals surface area contributed by atoms with Gasteiger partial charge in [-0.05, 0) is 30.3 Å². The van der Waals surface area contributed by atoms with Crippen molar-refractivity contribution in [3.63, 3.8) is 0 Å². The van der Waals surface area contributed by atoms with E-state index < -0.39 is 0 Å². The van der Waals surface area contributed by atoms with Crippen LogP contribution in [0.4, 0.5) is 5.69 Å². The van der Waals surface area contributed by atoms with E-state index in [1.54, 1.807) is 37.4 Å². The van der Waals surface area contributed by atoms with Crippen molar-refractivity contribution in [1.82, 2.24) is 10.2 Å². The normalized spacial score (nSPS) is 10.0. The van der Waals surface area contributed by atoms with Gasteiger partial charge in [0.15, 0.2) is 0 Å². The van der Waals surface area contributed by atoms with Crippen LogP contribution in [0.2, 0.25) is 0 Å². The molecule has 0 saturated carbocycles. The molecule has 0 radical (unpaired) electrons. The van der Waals surface area contributed by atoms with Crippen LogP contribution in [0.5, 0.6) is 5.75 Å². The molecule has 6 heteroatoms. The van der Waals surface area contributed by atoms with Crippen molar-refractivity contribution in [2.45, 2.75) is 0 Å². The summed E-state index contributed by atoms with van der Waals surface area (Å²) in [4.78, 5) is 12.3. The van der Waals surface area contributed by atoms with Crippen LogP contribution in [0.25, 0.3) is 11.3 Å². The van der Waals surface area contributed by atoms with Crippen LogP contribution in [-0.2, 0) is 0 Å². The van der Waals surface area contributed by atoms with Crippen LogP contribution in [0.15, 0.2) is 54.6 Å². The second-order valence-corrected chi connectivity index (χ2v) is 5.01. The maximum Gasteiger partial charge on any atom is 0.273 e. The van der Waals surface area contributed by atoms with Crippen molar-refractivity contribution in [2.75, 3.05) is 12.4 Å². The molecule has 0 aliphatic heterocycles. The number of hydrogen-bond acceptors (Lipinski definition) is 4. The Morgan fingerprint density at radius 1 is 1.21 bits per heavy atom. The lowest BCUT2D eigenvalue weighted by Crippen LogP contribution is -2.13. The quantitative estimate of drug-likeness (QED) is 0.773. The van der Waals surface area contributed by atoms with Crippen molar-refractivity contribution >= 4 is 11.6 Å². The Kier molecular flexibility index (Phi) is 4.25. The van der Waals surface area contributed by atoms with Crippen molar-refractivity contribution in [3.05, 3.63) is 65.9 Å². The van der Waals surface area contributed by atoms with Gasteiger partial charge in [-0.2, -0.15) is 10.4 Å². The molecular weight excluding hydrogens is 304 g/mol. The number of nitriles is 1. The first-order valence-electron chi connectivity index (χ1n) is 7.21. The first-order valence-corrected chi connectivity index (χ1v) is 7.21. The lowest BCUT2D eigenvalue weighted by atomic mass is 10.1. The predicted octanol–water partition coefficient (Wildman–Crippen LogP) is 3.21. The highest BCUT2D eigenvalue weighted by Gasteiger charge is 2.13. The molecule has 0 aliphatic rings. The monoisotopic (exact) mass is 318 g/mol. The van der Waals surface area contributed by atoms with Crippen molar-refractivity contribution in [3.8, 4) is 23.1 Å². The van der Waals surface area contributed by atoms with Crippen molar-refractivity contribution < 1.29 is 9.53 Å². The number of carbonyl (C=O) groups is 1. The standard InChI is InChI=1S/C18H14N4O2/c1-24-14-7-4-6-12(9-14)16-10-17(22-21-16)18(23)20-15-8-3-2-5-13(15)11-19/h2-10H,1H3,(H,20,23)(H,21,22). The summed E-state index contributed by atoms with van der Waals surface area (Å²) in [5.41, 5.74) is 2.64. The van der Waals surface area contributed by atoms with E-state index in [1.165, 1.54) is 0 Å². The lowest BCUT2D eigenvalue weighted by Gasteiger charge is -2.04. The van der Waals surface area contributed by atoms with E-state index in [9.17, 15) is 4.79 Å². The zero-order chi connectivity index (χ0) is 16.9.